The van der Waals surface area contributed by atoms with E-state index >= 15 is 0 Å². The number of amides is 1. The first-order chi connectivity index (χ1) is 20.3. The van der Waals surface area contributed by atoms with Gasteiger partial charge in [-0.25, -0.2) is 9.59 Å². The molecule has 0 spiro atoms. The van der Waals surface area contributed by atoms with Gasteiger partial charge in [0.25, 0.3) is 0 Å². The van der Waals surface area contributed by atoms with Gasteiger partial charge in [0.05, 0.1) is 12.7 Å². The van der Waals surface area contributed by atoms with Crippen molar-refractivity contribution >= 4 is 29.5 Å². The van der Waals surface area contributed by atoms with Crippen molar-refractivity contribution in [3.05, 3.63) is 89.0 Å². The fourth-order valence-electron chi connectivity index (χ4n) is 4.91. The molecule has 1 unspecified atom stereocenters. The third-order valence-corrected chi connectivity index (χ3v) is 8.05. The number of nitrogens with one attached hydrogen (secondary N) is 1. The Hall–Kier alpha value is -3.66. The lowest BCUT2D eigenvalue weighted by atomic mass is 9.98. The quantitative estimate of drug-likeness (QED) is 0.250. The Kier molecular flexibility index (Phi) is 10.3. The maximum atomic E-state index is 13.4. The fourth-order valence-corrected chi connectivity index (χ4v) is 5.91. The minimum Gasteiger partial charge on any atom is -0.467 e. The molecule has 0 aliphatic carbocycles. The van der Waals surface area contributed by atoms with Crippen LogP contribution in [-0.2, 0) is 39.2 Å². The van der Waals surface area contributed by atoms with Crippen molar-refractivity contribution in [2.75, 3.05) is 24.3 Å². The van der Waals surface area contributed by atoms with Gasteiger partial charge < -0.3 is 19.7 Å². The summed E-state index contributed by atoms with van der Waals surface area (Å²) in [4.78, 5) is 26.3. The van der Waals surface area contributed by atoms with Gasteiger partial charge in [0.2, 0.25) is 0 Å². The van der Waals surface area contributed by atoms with Crippen molar-refractivity contribution in [2.24, 2.45) is 0 Å². The number of aryl methyl sites for hydroxylation is 1. The van der Waals surface area contributed by atoms with Crippen LogP contribution < -0.4 is 10.2 Å². The molecule has 43 heavy (non-hydrogen) atoms. The maximum absolute atomic E-state index is 13.4. The average molecular weight is 615 g/mol. The number of methoxy groups -OCH3 is 1. The van der Waals surface area contributed by atoms with Crippen LogP contribution in [0.15, 0.2) is 66.7 Å². The van der Waals surface area contributed by atoms with Crippen molar-refractivity contribution in [1.29, 1.82) is 0 Å². The molecule has 0 saturated carbocycles. The molecule has 6 nitrogen and oxygen atoms in total. The number of nitrogens with zero attached hydrogens (tertiary/aromatic N) is 1. The number of halogens is 3. The van der Waals surface area contributed by atoms with Crippen molar-refractivity contribution in [1.82, 2.24) is 5.32 Å². The number of fused-ring (bicyclic) bond motifs is 1. The van der Waals surface area contributed by atoms with Gasteiger partial charge in [-0.05, 0) is 79.6 Å². The van der Waals surface area contributed by atoms with Crippen LogP contribution in [-0.4, -0.2) is 43.1 Å². The van der Waals surface area contributed by atoms with E-state index in [0.717, 1.165) is 40.7 Å². The van der Waals surface area contributed by atoms with E-state index in [0.29, 0.717) is 30.3 Å². The van der Waals surface area contributed by atoms with Gasteiger partial charge in [0, 0.05) is 30.3 Å². The Labute approximate surface area is 254 Å². The monoisotopic (exact) mass is 614 g/mol. The number of anilines is 1. The largest absolute Gasteiger partial charge is 0.467 e. The molecule has 0 fully saturated rings. The number of ether oxygens (including phenoxy) is 2. The van der Waals surface area contributed by atoms with Crippen molar-refractivity contribution < 1.29 is 32.2 Å². The van der Waals surface area contributed by atoms with E-state index in [4.69, 9.17) is 9.47 Å². The SMILES string of the molecule is COC(=O)C(CSCc1ccc(-c2cccc(CN3CCCc4ccc(C(F)(F)F)cc43)c2)cc1)NC(=O)OC(C)(C)C. The number of benzene rings is 3. The number of rotatable bonds is 9. The molecule has 1 N–H and O–H groups in total. The van der Waals surface area contributed by atoms with Gasteiger partial charge in [0.15, 0.2) is 0 Å². The minimum atomic E-state index is -4.37. The molecule has 3 aromatic rings. The van der Waals surface area contributed by atoms with Gasteiger partial charge in [-0.1, -0.05) is 48.5 Å². The zero-order chi connectivity index (χ0) is 31.2. The molecule has 1 aliphatic rings. The number of hydrogen-bond acceptors (Lipinski definition) is 6. The Morgan fingerprint density at radius 2 is 1.72 bits per heavy atom. The Morgan fingerprint density at radius 1 is 0.977 bits per heavy atom. The summed E-state index contributed by atoms with van der Waals surface area (Å²) in [5.74, 6) is 0.403. The lowest BCUT2D eigenvalue weighted by molar-refractivity contribution is -0.142. The molecule has 0 bridgehead atoms. The molecule has 1 amide bonds. The van der Waals surface area contributed by atoms with E-state index in [9.17, 15) is 22.8 Å². The van der Waals surface area contributed by atoms with Gasteiger partial charge in [0.1, 0.15) is 11.6 Å². The molecule has 0 aromatic heterocycles. The summed E-state index contributed by atoms with van der Waals surface area (Å²) in [7, 11) is 1.28. The predicted molar refractivity (Wildman–Crippen MR) is 164 cm³/mol. The molecular weight excluding hydrogens is 577 g/mol. The summed E-state index contributed by atoms with van der Waals surface area (Å²) >= 11 is 1.49. The summed E-state index contributed by atoms with van der Waals surface area (Å²) in [6.45, 7) is 6.47. The highest BCUT2D eigenvalue weighted by atomic mass is 32.2. The number of alkyl carbamates (subject to hydrolysis) is 1. The smallest absolute Gasteiger partial charge is 0.416 e. The van der Waals surface area contributed by atoms with Crippen LogP contribution in [0.3, 0.4) is 0 Å². The average Bonchev–Trinajstić information content (AvgIpc) is 2.95. The van der Waals surface area contributed by atoms with Gasteiger partial charge in [-0.3, -0.25) is 0 Å². The normalized spacial score (nSPS) is 14.1. The standard InChI is InChI=1S/C33H37F3N2O4S/c1-32(2,3)42-31(40)37-28(30(39)41-4)21-43-20-22-10-12-24(13-11-22)26-8-5-7-23(17-26)19-38-16-6-9-25-14-15-27(18-29(25)38)33(34,35)36/h5,7-8,10-15,17-18,28H,6,9,16,19-21H2,1-4H3,(H,37,40). The predicted octanol–water partition coefficient (Wildman–Crippen LogP) is 7.62. The first-order valence-corrected chi connectivity index (χ1v) is 15.3. The van der Waals surface area contributed by atoms with Crippen LogP contribution in [0, 0.1) is 0 Å². The highest BCUT2D eigenvalue weighted by Crippen LogP contribution is 2.36. The van der Waals surface area contributed by atoms with Crippen LogP contribution in [0.2, 0.25) is 0 Å². The lowest BCUT2D eigenvalue weighted by Crippen LogP contribution is -2.45. The summed E-state index contributed by atoms with van der Waals surface area (Å²) in [6.07, 6.45) is -3.37. The van der Waals surface area contributed by atoms with Gasteiger partial charge in [-0.15, -0.1) is 0 Å². The lowest BCUT2D eigenvalue weighted by Gasteiger charge is -2.32. The molecule has 1 heterocycles. The van der Waals surface area contributed by atoms with E-state index < -0.39 is 35.4 Å². The van der Waals surface area contributed by atoms with Crippen LogP contribution in [0.25, 0.3) is 11.1 Å². The summed E-state index contributed by atoms with van der Waals surface area (Å²) in [5.41, 5.74) is 4.42. The van der Waals surface area contributed by atoms with E-state index in [-0.39, 0.29) is 0 Å². The van der Waals surface area contributed by atoms with Crippen LogP contribution in [0.5, 0.6) is 0 Å². The number of esters is 1. The number of thioether (sulfide) groups is 1. The third-order valence-electron chi connectivity index (χ3n) is 6.95. The molecular formula is C33H37F3N2O4S. The van der Waals surface area contributed by atoms with Crippen LogP contribution >= 0.6 is 11.8 Å². The third kappa shape index (κ3) is 9.16. The van der Waals surface area contributed by atoms with E-state index in [1.165, 1.54) is 31.0 Å². The van der Waals surface area contributed by atoms with Crippen molar-refractivity contribution in [3.8, 4) is 11.1 Å². The summed E-state index contributed by atoms with van der Waals surface area (Å²) in [5, 5.41) is 2.58. The van der Waals surface area contributed by atoms with Gasteiger partial charge in [-0.2, -0.15) is 24.9 Å². The van der Waals surface area contributed by atoms with E-state index in [2.05, 4.69) is 11.4 Å². The molecule has 230 valence electrons. The number of hydrogen-bond donors (Lipinski definition) is 1. The second-order valence-corrected chi connectivity index (χ2v) is 12.5. The molecule has 10 heteroatoms. The summed E-state index contributed by atoms with van der Waals surface area (Å²) < 4.78 is 50.2. The first-order valence-electron chi connectivity index (χ1n) is 14.1. The Morgan fingerprint density at radius 3 is 2.40 bits per heavy atom. The van der Waals surface area contributed by atoms with E-state index in [1.807, 2.05) is 47.4 Å². The molecule has 3 aromatic carbocycles. The zero-order valence-electron chi connectivity index (χ0n) is 24.8. The van der Waals surface area contributed by atoms with Crippen LogP contribution in [0.1, 0.15) is 49.4 Å². The van der Waals surface area contributed by atoms with Gasteiger partial charge >= 0.3 is 18.2 Å². The fraction of sp³-hybridized carbons (Fsp3) is 0.394. The maximum Gasteiger partial charge on any atom is 0.416 e. The highest BCUT2D eigenvalue weighted by Gasteiger charge is 2.32. The second-order valence-electron chi connectivity index (χ2n) is 11.5. The zero-order valence-corrected chi connectivity index (χ0v) is 25.6. The second kappa shape index (κ2) is 13.8. The first kappa shape index (κ1) is 32.3. The molecule has 0 radical (unpaired) electrons. The number of alkyl halides is 3. The molecule has 4 rings (SSSR count). The molecule has 1 aliphatic heterocycles. The van der Waals surface area contributed by atoms with E-state index in [1.54, 1.807) is 26.8 Å². The minimum absolute atomic E-state index is 0.319. The van der Waals surface area contributed by atoms with Crippen molar-refractivity contribution in [3.63, 3.8) is 0 Å². The summed E-state index contributed by atoms with van der Waals surface area (Å²) in [6, 6.07) is 19.4. The Bertz CT molecular complexity index is 1420. The number of carbonyl (C=O) groups excluding carboxylic acids is 2. The Balaban J connectivity index is 1.38. The van der Waals surface area contributed by atoms with Crippen molar-refractivity contribution in [2.45, 2.75) is 63.7 Å². The number of carbonyl (C=O) groups is 2. The highest BCUT2D eigenvalue weighted by molar-refractivity contribution is 7.98. The molecule has 1 atom stereocenters. The van der Waals surface area contributed by atoms with Crippen LogP contribution in [0.4, 0.5) is 23.7 Å². The topological polar surface area (TPSA) is 67.9 Å². The molecule has 0 saturated heterocycles.